The second-order valence-electron chi connectivity index (χ2n) is 4.09. The highest BCUT2D eigenvalue weighted by molar-refractivity contribution is 14.1. The molecule has 0 saturated heterocycles. The van der Waals surface area contributed by atoms with Gasteiger partial charge in [0.1, 0.15) is 5.75 Å². The zero-order valence-corrected chi connectivity index (χ0v) is 12.9. The molecule has 0 aliphatic heterocycles. The Morgan fingerprint density at radius 3 is 2.71 bits per heavy atom. The van der Waals surface area contributed by atoms with E-state index in [-0.39, 0.29) is 22.9 Å². The monoisotopic (exact) mass is 400 g/mol. The Hall–Kier alpha value is -2.23. The number of pyridine rings is 1. The number of halogens is 1. The number of carbonyl (C=O) groups is 1. The minimum atomic E-state index is -1.11. The molecule has 1 N–H and O–H groups in total. The average Bonchev–Trinajstić information content (AvgIpc) is 2.40. The van der Waals surface area contributed by atoms with Crippen molar-refractivity contribution in [3.8, 4) is 11.6 Å². The van der Waals surface area contributed by atoms with Crippen LogP contribution >= 0.6 is 22.6 Å². The molecule has 108 valence electrons. The first-order chi connectivity index (χ1) is 9.88. The van der Waals surface area contributed by atoms with Crippen LogP contribution in [0.1, 0.15) is 16.1 Å². The zero-order chi connectivity index (χ0) is 15.6. The van der Waals surface area contributed by atoms with Gasteiger partial charge in [-0.15, -0.1) is 0 Å². The predicted molar refractivity (Wildman–Crippen MR) is 81.8 cm³/mol. The molecule has 2 rings (SSSR count). The molecule has 7 nitrogen and oxygen atoms in total. The van der Waals surface area contributed by atoms with E-state index in [2.05, 4.69) is 4.98 Å². The van der Waals surface area contributed by atoms with E-state index in [0.717, 1.165) is 0 Å². The number of hydrogen-bond acceptors (Lipinski definition) is 5. The van der Waals surface area contributed by atoms with E-state index in [9.17, 15) is 14.9 Å². The third kappa shape index (κ3) is 3.45. The van der Waals surface area contributed by atoms with Crippen molar-refractivity contribution in [2.75, 3.05) is 0 Å². The van der Waals surface area contributed by atoms with E-state index in [1.165, 1.54) is 24.3 Å². The van der Waals surface area contributed by atoms with E-state index >= 15 is 0 Å². The molecule has 0 bridgehead atoms. The maximum Gasteiger partial charge on any atom is 0.335 e. The minimum absolute atomic E-state index is 0.0284. The maximum atomic E-state index is 11.0. The number of aryl methyl sites for hydroxylation is 1. The molecule has 1 aromatic carbocycles. The number of nitro groups is 1. The molecule has 0 atom stereocenters. The van der Waals surface area contributed by atoms with Crippen LogP contribution in [-0.2, 0) is 0 Å². The number of carboxylic acid groups (broad SMARTS) is 1. The van der Waals surface area contributed by atoms with Crippen molar-refractivity contribution in [3.05, 3.63) is 55.3 Å². The summed E-state index contributed by atoms with van der Waals surface area (Å²) in [5, 5.41) is 19.9. The van der Waals surface area contributed by atoms with E-state index < -0.39 is 10.9 Å². The van der Waals surface area contributed by atoms with E-state index in [0.29, 0.717) is 9.26 Å². The van der Waals surface area contributed by atoms with Crippen LogP contribution in [0.3, 0.4) is 0 Å². The molecule has 21 heavy (non-hydrogen) atoms. The maximum absolute atomic E-state index is 11.0. The quantitative estimate of drug-likeness (QED) is 0.480. The first-order valence-electron chi connectivity index (χ1n) is 5.71. The third-order valence-corrected chi connectivity index (χ3v) is 3.45. The number of aromatic carboxylic acids is 1. The second kappa shape index (κ2) is 6.04. The van der Waals surface area contributed by atoms with Gasteiger partial charge < -0.3 is 9.84 Å². The lowest BCUT2D eigenvalue weighted by Crippen LogP contribution is -2.00. The largest absolute Gasteiger partial charge is 0.478 e. The Balaban J connectivity index is 2.47. The van der Waals surface area contributed by atoms with Gasteiger partial charge in [0.05, 0.1) is 14.1 Å². The lowest BCUT2D eigenvalue weighted by Gasteiger charge is -2.08. The smallest absolute Gasteiger partial charge is 0.335 e. The SMILES string of the molecule is Cc1ccc([N+](=O)[O-])c(Oc2cc(C(=O)O)ccc2I)n1. The number of hydrogen-bond donors (Lipinski definition) is 1. The summed E-state index contributed by atoms with van der Waals surface area (Å²) >= 11 is 1.95. The van der Waals surface area contributed by atoms with Gasteiger partial charge in [0.25, 0.3) is 5.88 Å². The van der Waals surface area contributed by atoms with Gasteiger partial charge in [-0.25, -0.2) is 9.78 Å². The molecule has 0 unspecified atom stereocenters. The number of benzene rings is 1. The molecular weight excluding hydrogens is 391 g/mol. The van der Waals surface area contributed by atoms with Gasteiger partial charge in [-0.05, 0) is 53.8 Å². The van der Waals surface area contributed by atoms with E-state index in [1.54, 1.807) is 13.0 Å². The molecule has 0 aliphatic carbocycles. The van der Waals surface area contributed by atoms with Crippen molar-refractivity contribution in [3.63, 3.8) is 0 Å². The van der Waals surface area contributed by atoms with Crippen LogP contribution in [0.25, 0.3) is 0 Å². The van der Waals surface area contributed by atoms with Gasteiger partial charge in [0.15, 0.2) is 0 Å². The normalized spacial score (nSPS) is 10.2. The van der Waals surface area contributed by atoms with Crippen molar-refractivity contribution >= 4 is 34.2 Å². The summed E-state index contributed by atoms with van der Waals surface area (Å²) in [6.45, 7) is 1.68. The minimum Gasteiger partial charge on any atom is -0.478 e. The van der Waals surface area contributed by atoms with Crippen LogP contribution in [0.5, 0.6) is 11.6 Å². The van der Waals surface area contributed by atoms with Crippen LogP contribution in [0.2, 0.25) is 0 Å². The van der Waals surface area contributed by atoms with E-state index in [4.69, 9.17) is 9.84 Å². The average molecular weight is 400 g/mol. The van der Waals surface area contributed by atoms with Crippen LogP contribution in [0, 0.1) is 20.6 Å². The fourth-order valence-electron chi connectivity index (χ4n) is 1.56. The molecule has 0 saturated carbocycles. The number of nitrogens with zero attached hydrogens (tertiary/aromatic N) is 2. The second-order valence-corrected chi connectivity index (χ2v) is 5.25. The van der Waals surface area contributed by atoms with Gasteiger partial charge in [0.2, 0.25) is 0 Å². The topological polar surface area (TPSA) is 103 Å². The fraction of sp³-hybridized carbons (Fsp3) is 0.0769. The lowest BCUT2D eigenvalue weighted by atomic mass is 10.2. The molecular formula is C13H9IN2O5. The van der Waals surface area contributed by atoms with Crippen molar-refractivity contribution < 1.29 is 19.6 Å². The zero-order valence-electron chi connectivity index (χ0n) is 10.7. The van der Waals surface area contributed by atoms with Crippen molar-refractivity contribution in [2.45, 2.75) is 6.92 Å². The number of aromatic nitrogens is 1. The van der Waals surface area contributed by atoms with Crippen LogP contribution in [0.15, 0.2) is 30.3 Å². The number of rotatable bonds is 4. The van der Waals surface area contributed by atoms with E-state index in [1.807, 2.05) is 22.6 Å². The number of carboxylic acids is 1. The Bertz CT molecular complexity index is 732. The molecule has 2 aromatic rings. The van der Waals surface area contributed by atoms with Crippen molar-refractivity contribution in [1.82, 2.24) is 4.98 Å². The molecule has 1 aromatic heterocycles. The highest BCUT2D eigenvalue weighted by Gasteiger charge is 2.19. The summed E-state index contributed by atoms with van der Waals surface area (Å²) in [4.78, 5) is 25.3. The molecule has 0 aliphatic rings. The Morgan fingerprint density at radius 1 is 1.38 bits per heavy atom. The summed E-state index contributed by atoms with van der Waals surface area (Å²) in [6, 6.07) is 7.09. The molecule has 8 heteroatoms. The summed E-state index contributed by atoms with van der Waals surface area (Å²) < 4.78 is 6.07. The highest BCUT2D eigenvalue weighted by Crippen LogP contribution is 2.32. The molecule has 0 spiro atoms. The summed E-state index contributed by atoms with van der Waals surface area (Å²) in [6.07, 6.45) is 0. The van der Waals surface area contributed by atoms with Crippen molar-refractivity contribution in [2.24, 2.45) is 0 Å². The Labute approximate surface area is 132 Å². The van der Waals surface area contributed by atoms with Gasteiger partial charge in [-0.1, -0.05) is 0 Å². The predicted octanol–water partition coefficient (Wildman–Crippen LogP) is 3.39. The van der Waals surface area contributed by atoms with Gasteiger partial charge in [-0.3, -0.25) is 10.1 Å². The summed E-state index contributed by atoms with van der Waals surface area (Å²) in [7, 11) is 0. The van der Waals surface area contributed by atoms with Crippen LogP contribution in [-0.4, -0.2) is 21.0 Å². The first-order valence-corrected chi connectivity index (χ1v) is 6.79. The molecule has 0 fully saturated rings. The highest BCUT2D eigenvalue weighted by atomic mass is 127. The number of ether oxygens (including phenoxy) is 1. The Morgan fingerprint density at radius 2 is 2.10 bits per heavy atom. The van der Waals surface area contributed by atoms with Crippen LogP contribution < -0.4 is 4.74 Å². The summed E-state index contributed by atoms with van der Waals surface area (Å²) in [5.74, 6) is -1.07. The molecule has 0 radical (unpaired) electrons. The first kappa shape index (κ1) is 15.2. The van der Waals surface area contributed by atoms with Gasteiger partial charge in [-0.2, -0.15) is 0 Å². The lowest BCUT2D eigenvalue weighted by molar-refractivity contribution is -0.386. The summed E-state index contributed by atoms with van der Waals surface area (Å²) in [5.41, 5.74) is 0.304. The van der Waals surface area contributed by atoms with Crippen LogP contribution in [0.4, 0.5) is 5.69 Å². The molecule has 1 heterocycles. The third-order valence-electron chi connectivity index (χ3n) is 2.56. The van der Waals surface area contributed by atoms with Crippen molar-refractivity contribution in [1.29, 1.82) is 0 Å². The van der Waals surface area contributed by atoms with Gasteiger partial charge >= 0.3 is 11.7 Å². The Kier molecular flexibility index (Phi) is 4.36. The standard InChI is InChI=1S/C13H9IN2O5/c1-7-2-5-10(16(19)20)12(15-7)21-11-6-8(13(17)18)3-4-9(11)14/h2-6H,1H3,(H,17,18). The van der Waals surface area contributed by atoms with Gasteiger partial charge in [0, 0.05) is 11.8 Å². The fourth-order valence-corrected chi connectivity index (χ4v) is 2.00. The molecule has 0 amide bonds.